The number of carbonyl (C=O) groups excluding carboxylic acids is 3. The Morgan fingerprint density at radius 3 is 0.853 bits per heavy atom. The van der Waals surface area contributed by atoms with Gasteiger partial charge in [-0.1, -0.05) is 234 Å². The molecule has 0 aliphatic carbocycles. The van der Waals surface area contributed by atoms with Gasteiger partial charge in [0, 0.05) is 19.3 Å². The third-order valence-electron chi connectivity index (χ3n) is 11.1. The van der Waals surface area contributed by atoms with Gasteiger partial charge >= 0.3 is 17.9 Å². The van der Waals surface area contributed by atoms with Gasteiger partial charge in [-0.2, -0.15) is 0 Å². The number of carbonyl (C=O) groups is 3. The van der Waals surface area contributed by atoms with Crippen molar-refractivity contribution in [3.8, 4) is 0 Å². The average Bonchev–Trinajstić information content (AvgIpc) is 3.41. The lowest BCUT2D eigenvalue weighted by atomic mass is 10.1. The summed E-state index contributed by atoms with van der Waals surface area (Å²) < 4.78 is 16.7. The van der Waals surface area contributed by atoms with Crippen LogP contribution in [0.1, 0.15) is 201 Å². The SMILES string of the molecule is CC/C=C\C/C=C\C/C=C\C/C=C\C/C=C\C/C=C\C/C=C\CCCC(=O)OCC(COC(=O)CCCCCCC/C=C\C/C=C\C/C=C\CC)OC(=O)CC/C=C\C/C=C\C/C=C\C/C=C\C/C=C\C/C=C\CC. The van der Waals surface area contributed by atoms with Crippen LogP contribution in [0.15, 0.2) is 194 Å². The molecule has 75 heavy (non-hydrogen) atoms. The lowest BCUT2D eigenvalue weighted by Gasteiger charge is -2.18. The van der Waals surface area contributed by atoms with Gasteiger partial charge in [0.15, 0.2) is 6.10 Å². The quantitative estimate of drug-likeness (QED) is 0.0261. The lowest BCUT2D eigenvalue weighted by molar-refractivity contribution is -0.166. The maximum absolute atomic E-state index is 12.8. The van der Waals surface area contributed by atoms with Crippen molar-refractivity contribution in [2.45, 2.75) is 207 Å². The molecule has 0 saturated carbocycles. The molecule has 0 rings (SSSR count). The fraction of sp³-hybridized carbons (Fsp3) is 0.493. The molecule has 0 saturated heterocycles. The Hall–Kier alpha value is -5.75. The van der Waals surface area contributed by atoms with Crippen LogP contribution in [0.5, 0.6) is 0 Å². The van der Waals surface area contributed by atoms with Crippen LogP contribution in [0.3, 0.4) is 0 Å². The molecular formula is C69H102O6. The van der Waals surface area contributed by atoms with Crippen molar-refractivity contribution in [3.63, 3.8) is 0 Å². The van der Waals surface area contributed by atoms with E-state index in [1.165, 1.54) is 0 Å². The van der Waals surface area contributed by atoms with E-state index in [2.05, 4.69) is 203 Å². The Kier molecular flexibility index (Phi) is 56.1. The summed E-state index contributed by atoms with van der Waals surface area (Å²) in [6.45, 7) is 6.14. The highest BCUT2D eigenvalue weighted by Crippen LogP contribution is 2.11. The first kappa shape index (κ1) is 69.2. The highest BCUT2D eigenvalue weighted by Gasteiger charge is 2.19. The standard InChI is InChI=1S/C69H102O6/c1-4-7-10-13-16-19-22-25-28-30-32-33-34-35-37-38-41-44-47-50-53-56-59-62-68(71)74-65-66(64-73-67(70)61-58-55-52-49-46-43-40-27-24-21-18-15-12-9-6-3)75-69(72)63-60-57-54-51-48-45-42-39-36-31-29-26-23-20-17-14-11-8-5-2/h7-12,16-21,25-29,32-33,35-37,39-41,44-45,48,50,53-54,57,66H,4-6,13-15,22-24,30-31,34,38,42-43,46-47,49,51-52,55-56,58-65H2,1-3H3/b10-7-,11-8-,12-9-,19-16-,20-17-,21-18-,28-25-,29-26-,33-32-,37-35-,39-36-,40-27-,44-41-,48-45-,53-50-,57-54-. The van der Waals surface area contributed by atoms with Crippen molar-refractivity contribution in [1.82, 2.24) is 0 Å². The molecule has 1 atom stereocenters. The molecule has 6 nitrogen and oxygen atoms in total. The van der Waals surface area contributed by atoms with Gasteiger partial charge in [-0.05, 0) is 141 Å². The molecule has 0 amide bonds. The van der Waals surface area contributed by atoms with E-state index in [1.807, 2.05) is 12.2 Å². The minimum absolute atomic E-state index is 0.147. The molecule has 0 N–H and O–H groups in total. The molecule has 0 bridgehead atoms. The van der Waals surface area contributed by atoms with Crippen LogP contribution in [0.25, 0.3) is 0 Å². The molecule has 0 aromatic rings. The third-order valence-corrected chi connectivity index (χ3v) is 11.1. The summed E-state index contributed by atoms with van der Waals surface area (Å²) in [6, 6.07) is 0. The fourth-order valence-corrected chi connectivity index (χ4v) is 6.88. The molecule has 0 aliphatic rings. The summed E-state index contributed by atoms with van der Waals surface area (Å²) in [5, 5.41) is 0. The second kappa shape index (κ2) is 60.8. The van der Waals surface area contributed by atoms with E-state index in [-0.39, 0.29) is 38.0 Å². The second-order valence-electron chi connectivity index (χ2n) is 18.0. The van der Waals surface area contributed by atoms with Gasteiger partial charge < -0.3 is 14.2 Å². The van der Waals surface area contributed by atoms with Crippen molar-refractivity contribution in [1.29, 1.82) is 0 Å². The molecule has 0 aliphatic heterocycles. The lowest BCUT2D eigenvalue weighted by Crippen LogP contribution is -2.30. The second-order valence-corrected chi connectivity index (χ2v) is 18.0. The first-order valence-corrected chi connectivity index (χ1v) is 28.9. The average molecular weight is 1030 g/mol. The van der Waals surface area contributed by atoms with Crippen LogP contribution in [0.4, 0.5) is 0 Å². The smallest absolute Gasteiger partial charge is 0.306 e. The molecule has 0 heterocycles. The van der Waals surface area contributed by atoms with Crippen molar-refractivity contribution in [2.24, 2.45) is 0 Å². The van der Waals surface area contributed by atoms with Gasteiger partial charge in [0.2, 0.25) is 0 Å². The molecule has 0 spiro atoms. The number of esters is 3. The fourth-order valence-electron chi connectivity index (χ4n) is 6.88. The molecule has 0 fully saturated rings. The van der Waals surface area contributed by atoms with Gasteiger partial charge in [0.05, 0.1) is 0 Å². The molecule has 0 aromatic carbocycles. The van der Waals surface area contributed by atoms with E-state index in [0.717, 1.165) is 148 Å². The number of hydrogen-bond donors (Lipinski definition) is 0. The maximum atomic E-state index is 12.8. The van der Waals surface area contributed by atoms with Crippen LogP contribution < -0.4 is 0 Å². The van der Waals surface area contributed by atoms with Crippen molar-refractivity contribution in [3.05, 3.63) is 194 Å². The Bertz CT molecular complexity index is 1850. The number of unbranched alkanes of at least 4 members (excludes halogenated alkanes) is 6. The normalized spacial score (nSPS) is 13.6. The molecule has 1 unspecified atom stereocenters. The summed E-state index contributed by atoms with van der Waals surface area (Å²) in [5.41, 5.74) is 0. The molecule has 0 aromatic heterocycles. The van der Waals surface area contributed by atoms with Gasteiger partial charge in [0.25, 0.3) is 0 Å². The zero-order valence-corrected chi connectivity index (χ0v) is 47.2. The van der Waals surface area contributed by atoms with Crippen molar-refractivity contribution >= 4 is 17.9 Å². The van der Waals surface area contributed by atoms with Crippen LogP contribution in [-0.4, -0.2) is 37.2 Å². The van der Waals surface area contributed by atoms with Gasteiger partial charge in [-0.25, -0.2) is 0 Å². The van der Waals surface area contributed by atoms with E-state index >= 15 is 0 Å². The molecule has 414 valence electrons. The number of allylic oxidation sites excluding steroid dienone is 32. The van der Waals surface area contributed by atoms with Gasteiger partial charge in [-0.3, -0.25) is 14.4 Å². The topological polar surface area (TPSA) is 78.9 Å². The molecule has 6 heteroatoms. The number of hydrogen-bond acceptors (Lipinski definition) is 6. The summed E-state index contributed by atoms with van der Waals surface area (Å²) in [5.74, 6) is -1.12. The Balaban J connectivity index is 4.66. The third kappa shape index (κ3) is 59.0. The van der Waals surface area contributed by atoms with E-state index in [9.17, 15) is 14.4 Å². The summed E-state index contributed by atoms with van der Waals surface area (Å²) in [4.78, 5) is 38.2. The van der Waals surface area contributed by atoms with Gasteiger partial charge in [0.1, 0.15) is 13.2 Å². The van der Waals surface area contributed by atoms with Crippen LogP contribution in [0.2, 0.25) is 0 Å². The van der Waals surface area contributed by atoms with E-state index in [4.69, 9.17) is 14.2 Å². The van der Waals surface area contributed by atoms with Crippen LogP contribution in [-0.2, 0) is 28.6 Å². The van der Waals surface area contributed by atoms with Crippen LogP contribution >= 0.6 is 0 Å². The maximum Gasteiger partial charge on any atom is 0.306 e. The highest BCUT2D eigenvalue weighted by molar-refractivity contribution is 5.71. The molecular weight excluding hydrogens is 925 g/mol. The minimum atomic E-state index is -0.863. The van der Waals surface area contributed by atoms with E-state index < -0.39 is 12.1 Å². The van der Waals surface area contributed by atoms with Crippen molar-refractivity contribution in [2.75, 3.05) is 13.2 Å². The largest absolute Gasteiger partial charge is 0.462 e. The number of ether oxygens (including phenoxy) is 3. The zero-order chi connectivity index (χ0) is 54.3. The van der Waals surface area contributed by atoms with Crippen molar-refractivity contribution < 1.29 is 28.6 Å². The Morgan fingerprint density at radius 1 is 0.267 bits per heavy atom. The van der Waals surface area contributed by atoms with E-state index in [1.54, 1.807) is 0 Å². The Morgan fingerprint density at radius 2 is 0.520 bits per heavy atom. The zero-order valence-electron chi connectivity index (χ0n) is 47.2. The Labute approximate surface area is 458 Å². The van der Waals surface area contributed by atoms with E-state index in [0.29, 0.717) is 19.3 Å². The minimum Gasteiger partial charge on any atom is -0.462 e. The first-order chi connectivity index (χ1) is 37.0. The highest BCUT2D eigenvalue weighted by atomic mass is 16.6. The van der Waals surface area contributed by atoms with Gasteiger partial charge in [-0.15, -0.1) is 0 Å². The summed E-state index contributed by atoms with van der Waals surface area (Å²) >= 11 is 0. The summed E-state index contributed by atoms with van der Waals surface area (Å²) in [6.07, 6.45) is 92.9. The predicted molar refractivity (Wildman–Crippen MR) is 324 cm³/mol. The number of rotatable bonds is 49. The summed E-state index contributed by atoms with van der Waals surface area (Å²) in [7, 11) is 0. The molecule has 0 radical (unpaired) electrons. The van der Waals surface area contributed by atoms with Crippen LogP contribution in [0, 0.1) is 0 Å². The first-order valence-electron chi connectivity index (χ1n) is 28.9. The predicted octanol–water partition coefficient (Wildman–Crippen LogP) is 19.9. The monoisotopic (exact) mass is 1030 g/mol.